The number of rotatable bonds is 3. The van der Waals surface area contributed by atoms with Gasteiger partial charge in [0.25, 0.3) is 0 Å². The van der Waals surface area contributed by atoms with Crippen molar-refractivity contribution >= 4 is 33.3 Å². The number of hydrogen-bond donors (Lipinski definition) is 1. The van der Waals surface area contributed by atoms with Gasteiger partial charge in [-0.15, -0.1) is 0 Å². The molecule has 2 heteroatoms. The average molecular weight is 392 g/mol. The molecule has 1 N–H and O–H groups in total. The molecule has 0 aliphatic heterocycles. The molecule has 0 bridgehead atoms. The standard InChI is InChI=1S/C28H25NO/c1-28(2,3)20-13-15-25(23(17-20)19-9-5-4-6-10-19)29-21-14-16-27-24(18-21)22-11-7-8-12-26(22)30-27/h4-18,29H,1-3H3. The van der Waals surface area contributed by atoms with Crippen molar-refractivity contribution < 1.29 is 4.42 Å². The third-order valence-corrected chi connectivity index (χ3v) is 5.63. The fourth-order valence-corrected chi connectivity index (χ4v) is 3.94. The second-order valence-electron chi connectivity index (χ2n) is 8.81. The summed E-state index contributed by atoms with van der Waals surface area (Å²) in [6.07, 6.45) is 0. The van der Waals surface area contributed by atoms with E-state index in [2.05, 4.69) is 98.9 Å². The summed E-state index contributed by atoms with van der Waals surface area (Å²) < 4.78 is 5.98. The van der Waals surface area contributed by atoms with Gasteiger partial charge in [-0.1, -0.05) is 75.4 Å². The van der Waals surface area contributed by atoms with Gasteiger partial charge in [0.1, 0.15) is 11.2 Å². The Morgan fingerprint density at radius 3 is 2.20 bits per heavy atom. The van der Waals surface area contributed by atoms with E-state index < -0.39 is 0 Å². The van der Waals surface area contributed by atoms with Crippen molar-refractivity contribution in [3.05, 3.63) is 96.6 Å². The number of anilines is 2. The summed E-state index contributed by atoms with van der Waals surface area (Å²) in [7, 11) is 0. The molecule has 0 atom stereocenters. The molecule has 2 nitrogen and oxygen atoms in total. The summed E-state index contributed by atoms with van der Waals surface area (Å²) in [5.41, 5.74) is 7.81. The smallest absolute Gasteiger partial charge is 0.135 e. The van der Waals surface area contributed by atoms with E-state index in [1.54, 1.807) is 0 Å². The van der Waals surface area contributed by atoms with Crippen molar-refractivity contribution in [2.75, 3.05) is 5.32 Å². The van der Waals surface area contributed by atoms with E-state index in [0.29, 0.717) is 0 Å². The molecule has 5 aromatic rings. The zero-order valence-corrected chi connectivity index (χ0v) is 17.6. The maximum atomic E-state index is 5.98. The molecular formula is C28H25NO. The van der Waals surface area contributed by atoms with Gasteiger partial charge in [-0.25, -0.2) is 0 Å². The largest absolute Gasteiger partial charge is 0.456 e. The molecule has 1 heterocycles. The van der Waals surface area contributed by atoms with E-state index in [-0.39, 0.29) is 5.41 Å². The van der Waals surface area contributed by atoms with Crippen LogP contribution < -0.4 is 5.32 Å². The first-order valence-corrected chi connectivity index (χ1v) is 10.4. The molecule has 30 heavy (non-hydrogen) atoms. The molecule has 0 aliphatic carbocycles. The maximum absolute atomic E-state index is 5.98. The van der Waals surface area contributed by atoms with Crippen molar-refractivity contribution in [1.82, 2.24) is 0 Å². The minimum Gasteiger partial charge on any atom is -0.456 e. The van der Waals surface area contributed by atoms with Crippen molar-refractivity contribution in [3.8, 4) is 11.1 Å². The fraction of sp³-hybridized carbons (Fsp3) is 0.143. The zero-order chi connectivity index (χ0) is 20.7. The van der Waals surface area contributed by atoms with Gasteiger partial charge in [-0.05, 0) is 52.9 Å². The van der Waals surface area contributed by atoms with Crippen LogP contribution in [0.1, 0.15) is 26.3 Å². The summed E-state index contributed by atoms with van der Waals surface area (Å²) in [6.45, 7) is 6.76. The number of benzene rings is 4. The summed E-state index contributed by atoms with van der Waals surface area (Å²) in [5.74, 6) is 0. The van der Waals surface area contributed by atoms with E-state index in [4.69, 9.17) is 4.42 Å². The minimum absolute atomic E-state index is 0.0939. The quantitative estimate of drug-likeness (QED) is 0.334. The number of furan rings is 1. The molecule has 148 valence electrons. The minimum atomic E-state index is 0.0939. The molecule has 0 saturated heterocycles. The molecule has 0 spiro atoms. The second-order valence-corrected chi connectivity index (χ2v) is 8.81. The highest BCUT2D eigenvalue weighted by molar-refractivity contribution is 6.06. The third-order valence-electron chi connectivity index (χ3n) is 5.63. The average Bonchev–Trinajstić information content (AvgIpc) is 3.12. The van der Waals surface area contributed by atoms with Crippen LogP contribution in [-0.4, -0.2) is 0 Å². The Morgan fingerprint density at radius 1 is 0.667 bits per heavy atom. The molecule has 0 aliphatic rings. The summed E-state index contributed by atoms with van der Waals surface area (Å²) in [6, 6.07) is 31.8. The lowest BCUT2D eigenvalue weighted by Crippen LogP contribution is -2.11. The Labute approximate surface area is 177 Å². The van der Waals surface area contributed by atoms with Gasteiger partial charge in [0.2, 0.25) is 0 Å². The molecule has 0 unspecified atom stereocenters. The van der Waals surface area contributed by atoms with Crippen LogP contribution in [0.3, 0.4) is 0 Å². The molecule has 5 rings (SSSR count). The first-order valence-electron chi connectivity index (χ1n) is 10.4. The highest BCUT2D eigenvalue weighted by atomic mass is 16.3. The monoisotopic (exact) mass is 391 g/mol. The zero-order valence-electron chi connectivity index (χ0n) is 17.6. The molecule has 0 saturated carbocycles. The molecule has 1 aromatic heterocycles. The van der Waals surface area contributed by atoms with Crippen LogP contribution in [0.4, 0.5) is 11.4 Å². The van der Waals surface area contributed by atoms with Crippen molar-refractivity contribution in [3.63, 3.8) is 0 Å². The van der Waals surface area contributed by atoms with Crippen molar-refractivity contribution in [2.24, 2.45) is 0 Å². The Hall–Kier alpha value is -3.52. The number of nitrogens with one attached hydrogen (secondary N) is 1. The van der Waals surface area contributed by atoms with E-state index in [0.717, 1.165) is 33.3 Å². The first kappa shape index (κ1) is 18.5. The number of para-hydroxylation sites is 1. The maximum Gasteiger partial charge on any atom is 0.135 e. The van der Waals surface area contributed by atoms with Crippen LogP contribution in [-0.2, 0) is 5.41 Å². The molecule has 0 fully saturated rings. The SMILES string of the molecule is CC(C)(C)c1ccc(Nc2ccc3oc4ccccc4c3c2)c(-c2ccccc2)c1. The summed E-state index contributed by atoms with van der Waals surface area (Å²) >= 11 is 0. The van der Waals surface area contributed by atoms with Gasteiger partial charge < -0.3 is 9.73 Å². The lowest BCUT2D eigenvalue weighted by molar-refractivity contribution is 0.590. The molecule has 0 radical (unpaired) electrons. The van der Waals surface area contributed by atoms with Crippen LogP contribution in [0.2, 0.25) is 0 Å². The van der Waals surface area contributed by atoms with Crippen LogP contribution in [0.25, 0.3) is 33.1 Å². The van der Waals surface area contributed by atoms with Gasteiger partial charge in [0.05, 0.1) is 0 Å². The Bertz CT molecular complexity index is 1340. The van der Waals surface area contributed by atoms with Gasteiger partial charge >= 0.3 is 0 Å². The van der Waals surface area contributed by atoms with Crippen LogP contribution in [0, 0.1) is 0 Å². The molecule has 0 amide bonds. The Kier molecular flexibility index (Phi) is 4.36. The lowest BCUT2D eigenvalue weighted by Gasteiger charge is -2.22. The highest BCUT2D eigenvalue weighted by Crippen LogP contribution is 2.36. The van der Waals surface area contributed by atoms with Gasteiger partial charge in [-0.3, -0.25) is 0 Å². The van der Waals surface area contributed by atoms with Crippen LogP contribution >= 0.6 is 0 Å². The topological polar surface area (TPSA) is 25.2 Å². The fourth-order valence-electron chi connectivity index (χ4n) is 3.94. The van der Waals surface area contributed by atoms with Gasteiger partial charge in [0, 0.05) is 27.7 Å². The van der Waals surface area contributed by atoms with Gasteiger partial charge in [0.15, 0.2) is 0 Å². The Morgan fingerprint density at radius 2 is 1.40 bits per heavy atom. The molecule has 4 aromatic carbocycles. The predicted molar refractivity (Wildman–Crippen MR) is 128 cm³/mol. The second kappa shape index (κ2) is 7.07. The number of fused-ring (bicyclic) bond motifs is 3. The van der Waals surface area contributed by atoms with Gasteiger partial charge in [-0.2, -0.15) is 0 Å². The lowest BCUT2D eigenvalue weighted by atomic mass is 9.85. The van der Waals surface area contributed by atoms with E-state index in [1.165, 1.54) is 16.7 Å². The summed E-state index contributed by atoms with van der Waals surface area (Å²) in [5, 5.41) is 5.92. The Balaban J connectivity index is 1.61. The van der Waals surface area contributed by atoms with Crippen molar-refractivity contribution in [2.45, 2.75) is 26.2 Å². The van der Waals surface area contributed by atoms with Crippen LogP contribution in [0.5, 0.6) is 0 Å². The normalized spacial score (nSPS) is 11.8. The van der Waals surface area contributed by atoms with E-state index in [9.17, 15) is 0 Å². The highest BCUT2D eigenvalue weighted by Gasteiger charge is 2.17. The van der Waals surface area contributed by atoms with E-state index >= 15 is 0 Å². The first-order chi connectivity index (χ1) is 14.5. The summed E-state index contributed by atoms with van der Waals surface area (Å²) in [4.78, 5) is 0. The van der Waals surface area contributed by atoms with E-state index in [1.807, 2.05) is 18.2 Å². The van der Waals surface area contributed by atoms with Crippen molar-refractivity contribution in [1.29, 1.82) is 0 Å². The number of hydrogen-bond acceptors (Lipinski definition) is 2. The predicted octanol–water partition coefficient (Wildman–Crippen LogP) is 8.29. The third kappa shape index (κ3) is 3.35. The van der Waals surface area contributed by atoms with Crippen LogP contribution in [0.15, 0.2) is 95.4 Å². The molecular weight excluding hydrogens is 366 g/mol.